The highest BCUT2D eigenvalue weighted by molar-refractivity contribution is 7.92. The van der Waals surface area contributed by atoms with Crippen LogP contribution in [-0.4, -0.2) is 41.6 Å². The molecule has 0 unspecified atom stereocenters. The van der Waals surface area contributed by atoms with Gasteiger partial charge in [-0.3, -0.25) is 10.1 Å². The molecule has 0 amide bonds. The first-order valence-electron chi connectivity index (χ1n) is 10.1. The normalized spacial score (nSPS) is 12.1. The zero-order chi connectivity index (χ0) is 26.2. The molecule has 10 nitrogen and oxygen atoms in total. The number of hydrogen-bond donors (Lipinski definition) is 3. The molecule has 0 spiro atoms. The molecule has 186 valence electrons. The molecule has 4 aromatic rings. The molecule has 3 heterocycles. The highest BCUT2D eigenvalue weighted by Gasteiger charge is 2.25. The number of nitrogens with zero attached hydrogens (tertiary/aromatic N) is 4. The lowest BCUT2D eigenvalue weighted by Crippen LogP contribution is -2.16. The van der Waals surface area contributed by atoms with E-state index < -0.39 is 37.8 Å². The van der Waals surface area contributed by atoms with E-state index in [4.69, 9.17) is 27.5 Å². The Kier molecular flexibility index (Phi) is 6.61. The van der Waals surface area contributed by atoms with E-state index in [-0.39, 0.29) is 33.8 Å². The van der Waals surface area contributed by atoms with Gasteiger partial charge in [-0.15, -0.1) is 0 Å². The second-order valence-electron chi connectivity index (χ2n) is 7.46. The minimum atomic E-state index is -4.41. The molecular weight excluding hydrogens is 516 g/mol. The van der Waals surface area contributed by atoms with Crippen LogP contribution in [0, 0.1) is 17.0 Å². The molecule has 0 saturated heterocycles. The number of ether oxygens (including phenoxy) is 1. The Bertz CT molecular complexity index is 1650. The number of sulfonamides is 1. The summed E-state index contributed by atoms with van der Waals surface area (Å²) in [6, 6.07) is 5.90. The maximum atomic E-state index is 15.5. The Morgan fingerprint density at radius 3 is 2.69 bits per heavy atom. The molecule has 4 N–H and O–H groups in total. The fourth-order valence-corrected chi connectivity index (χ4v) is 4.84. The van der Waals surface area contributed by atoms with E-state index in [1.807, 2.05) is 0 Å². The molecule has 14 heteroatoms. The summed E-state index contributed by atoms with van der Waals surface area (Å²) in [6.45, 7) is 1.52. The molecule has 0 aliphatic rings. The molecule has 4 rings (SSSR count). The number of anilines is 1. The summed E-state index contributed by atoms with van der Waals surface area (Å²) < 4.78 is 64.6. The first-order valence-corrected chi connectivity index (χ1v) is 11.9. The van der Waals surface area contributed by atoms with Gasteiger partial charge in [-0.25, -0.2) is 32.2 Å². The average Bonchev–Trinajstić information content (AvgIpc) is 3.24. The molecule has 0 fully saturated rings. The summed E-state index contributed by atoms with van der Waals surface area (Å²) in [5, 5.41) is 8.04. The van der Waals surface area contributed by atoms with Crippen molar-refractivity contribution in [3.63, 3.8) is 0 Å². The summed E-state index contributed by atoms with van der Waals surface area (Å²) in [5.74, 6) is -2.33. The van der Waals surface area contributed by atoms with Crippen molar-refractivity contribution in [2.24, 2.45) is 10.7 Å². The van der Waals surface area contributed by atoms with Gasteiger partial charge in [0.15, 0.2) is 16.5 Å². The number of hydrogen-bond acceptors (Lipinski definition) is 6. The Balaban J connectivity index is 1.76. The quantitative estimate of drug-likeness (QED) is 0.253. The van der Waals surface area contributed by atoms with E-state index >= 15 is 4.39 Å². The zero-order valence-corrected chi connectivity index (χ0v) is 20.3. The minimum absolute atomic E-state index is 0.0184. The van der Waals surface area contributed by atoms with Crippen molar-refractivity contribution < 1.29 is 21.9 Å². The molecule has 0 radical (unpaired) electrons. The topological polar surface area (TPSA) is 148 Å². The zero-order valence-electron chi connectivity index (χ0n) is 18.8. The van der Waals surface area contributed by atoms with Gasteiger partial charge >= 0.3 is 0 Å². The number of aromatic nitrogens is 3. The first-order chi connectivity index (χ1) is 17.0. The number of imidazole rings is 1. The number of amidine groups is 2. The smallest absolute Gasteiger partial charge is 0.267 e. The van der Waals surface area contributed by atoms with E-state index in [0.717, 1.165) is 18.2 Å². The molecular formula is C22H18ClF2N7O3S. The summed E-state index contributed by atoms with van der Waals surface area (Å²) in [4.78, 5) is 11.4. The van der Waals surface area contributed by atoms with Crippen LogP contribution in [0.3, 0.4) is 0 Å². The fourth-order valence-electron chi connectivity index (χ4n) is 3.41. The van der Waals surface area contributed by atoms with Gasteiger partial charge in [0.25, 0.3) is 10.0 Å². The Morgan fingerprint density at radius 1 is 1.25 bits per heavy atom. The number of nitrogens with two attached hydrogens (primary N) is 1. The lowest BCUT2D eigenvalue weighted by atomic mass is 10.0. The number of fused-ring (bicyclic) bond motifs is 1. The monoisotopic (exact) mass is 533 g/mol. The average molecular weight is 534 g/mol. The SMILES string of the molecule is COc1ncc(Cl)cc1S(=O)(=O)Nc1ccc(F)c(-c2ccc3c(C(=N)N=C(C)N)ncn3c2)c1F. The van der Waals surface area contributed by atoms with Crippen LogP contribution in [0.1, 0.15) is 12.6 Å². The van der Waals surface area contributed by atoms with Gasteiger partial charge in [0.2, 0.25) is 5.88 Å². The second kappa shape index (κ2) is 9.51. The van der Waals surface area contributed by atoms with E-state index in [0.29, 0.717) is 5.52 Å². The first kappa shape index (κ1) is 25.0. The third kappa shape index (κ3) is 4.70. The van der Waals surface area contributed by atoms with Crippen molar-refractivity contribution in [3.05, 3.63) is 71.4 Å². The number of nitrogens with one attached hydrogen (secondary N) is 2. The van der Waals surface area contributed by atoms with Gasteiger partial charge in [0.05, 0.1) is 34.7 Å². The Hall–Kier alpha value is -4.10. The van der Waals surface area contributed by atoms with Crippen LogP contribution in [0.15, 0.2) is 58.9 Å². The predicted molar refractivity (Wildman–Crippen MR) is 131 cm³/mol. The van der Waals surface area contributed by atoms with Crippen LogP contribution in [0.4, 0.5) is 14.5 Å². The molecule has 3 aromatic heterocycles. The second-order valence-corrected chi connectivity index (χ2v) is 9.54. The predicted octanol–water partition coefficient (Wildman–Crippen LogP) is 3.84. The maximum Gasteiger partial charge on any atom is 0.267 e. The van der Waals surface area contributed by atoms with E-state index in [2.05, 4.69) is 19.7 Å². The van der Waals surface area contributed by atoms with Gasteiger partial charge in [0, 0.05) is 18.0 Å². The number of pyridine rings is 2. The number of aliphatic imine (C=N–C) groups is 1. The highest BCUT2D eigenvalue weighted by atomic mass is 35.5. The molecule has 0 bridgehead atoms. The Morgan fingerprint density at radius 2 is 2.00 bits per heavy atom. The van der Waals surface area contributed by atoms with Crippen molar-refractivity contribution >= 4 is 44.5 Å². The number of rotatable bonds is 6. The van der Waals surface area contributed by atoms with Gasteiger partial charge in [0.1, 0.15) is 17.8 Å². The summed E-state index contributed by atoms with van der Waals surface area (Å²) >= 11 is 5.87. The standard InChI is InChI=1S/C22H18ClF2N7O3S/c1-11(26)30-21(27)20-16-6-3-12(9-32(16)10-29-20)18-14(24)4-5-15(19(18)25)31-36(33,34)17-7-13(23)8-28-22(17)35-2/h3-10,31H,1-2H3,(H3,26,27,30). The van der Waals surface area contributed by atoms with Crippen LogP contribution in [0.2, 0.25) is 5.02 Å². The third-order valence-corrected chi connectivity index (χ3v) is 6.50. The van der Waals surface area contributed by atoms with Crippen LogP contribution in [-0.2, 0) is 10.0 Å². The summed E-state index contributed by atoms with van der Waals surface area (Å²) in [6.07, 6.45) is 3.94. The molecule has 0 aliphatic carbocycles. The van der Waals surface area contributed by atoms with Crippen molar-refractivity contribution in [3.8, 4) is 17.0 Å². The van der Waals surface area contributed by atoms with Gasteiger partial charge in [-0.1, -0.05) is 17.7 Å². The van der Waals surface area contributed by atoms with Gasteiger partial charge < -0.3 is 14.9 Å². The van der Waals surface area contributed by atoms with E-state index in [1.165, 1.54) is 49.3 Å². The number of halogens is 3. The van der Waals surface area contributed by atoms with Crippen molar-refractivity contribution in [2.45, 2.75) is 11.8 Å². The summed E-state index contributed by atoms with van der Waals surface area (Å²) in [5.41, 5.74) is 5.30. The van der Waals surface area contributed by atoms with Crippen molar-refractivity contribution in [1.82, 2.24) is 14.4 Å². The van der Waals surface area contributed by atoms with Crippen LogP contribution < -0.4 is 15.2 Å². The van der Waals surface area contributed by atoms with E-state index in [9.17, 15) is 12.8 Å². The van der Waals surface area contributed by atoms with Crippen LogP contribution in [0.25, 0.3) is 16.6 Å². The lowest BCUT2D eigenvalue weighted by molar-refractivity contribution is 0.385. The fraction of sp³-hybridized carbons (Fsp3) is 0.0909. The maximum absolute atomic E-state index is 15.5. The molecule has 1 aromatic carbocycles. The molecule has 0 atom stereocenters. The molecule has 0 saturated carbocycles. The van der Waals surface area contributed by atoms with Crippen molar-refractivity contribution in [1.29, 1.82) is 5.41 Å². The van der Waals surface area contributed by atoms with Crippen LogP contribution in [0.5, 0.6) is 5.88 Å². The summed E-state index contributed by atoms with van der Waals surface area (Å²) in [7, 11) is -3.19. The third-order valence-electron chi connectivity index (χ3n) is 4.94. The number of methoxy groups -OCH3 is 1. The molecule has 36 heavy (non-hydrogen) atoms. The molecule has 0 aliphatic heterocycles. The van der Waals surface area contributed by atoms with Crippen LogP contribution >= 0.6 is 11.6 Å². The lowest BCUT2D eigenvalue weighted by Gasteiger charge is -2.14. The van der Waals surface area contributed by atoms with Gasteiger partial charge in [-0.2, -0.15) is 0 Å². The highest BCUT2D eigenvalue weighted by Crippen LogP contribution is 2.33. The number of benzene rings is 1. The minimum Gasteiger partial charge on any atom is -0.480 e. The van der Waals surface area contributed by atoms with E-state index in [1.54, 1.807) is 0 Å². The largest absolute Gasteiger partial charge is 0.480 e. The van der Waals surface area contributed by atoms with Crippen molar-refractivity contribution in [2.75, 3.05) is 11.8 Å². The Labute approximate surface area is 209 Å². The van der Waals surface area contributed by atoms with Gasteiger partial charge in [-0.05, 0) is 31.2 Å².